The second-order valence-electron chi connectivity index (χ2n) is 5.26. The molecule has 0 amide bonds. The molecule has 0 aromatic carbocycles. The van der Waals surface area contributed by atoms with E-state index in [-0.39, 0.29) is 0 Å². The Kier molecular flexibility index (Phi) is 7.08. The van der Waals surface area contributed by atoms with Gasteiger partial charge in [0, 0.05) is 5.25 Å². The zero-order chi connectivity index (χ0) is 13.4. The van der Waals surface area contributed by atoms with E-state index in [1.165, 1.54) is 25.0 Å². The van der Waals surface area contributed by atoms with E-state index in [1.54, 1.807) is 0 Å². The molecule has 0 aliphatic heterocycles. The molecular weight excluding hydrogens is 246 g/mol. The van der Waals surface area contributed by atoms with Crippen molar-refractivity contribution in [2.24, 2.45) is 0 Å². The minimum Gasteiger partial charge on any atom is -0.480 e. The van der Waals surface area contributed by atoms with Crippen molar-refractivity contribution in [2.45, 2.75) is 69.6 Å². The lowest BCUT2D eigenvalue weighted by Gasteiger charge is -2.38. The van der Waals surface area contributed by atoms with E-state index in [4.69, 9.17) is 0 Å². The molecule has 0 aromatic rings. The quantitative estimate of drug-likeness (QED) is 0.666. The Morgan fingerprint density at radius 2 is 2.22 bits per heavy atom. The van der Waals surface area contributed by atoms with Gasteiger partial charge in [-0.3, -0.25) is 4.79 Å². The van der Waals surface area contributed by atoms with E-state index in [2.05, 4.69) is 19.2 Å². The zero-order valence-corrected chi connectivity index (χ0v) is 12.5. The number of carbonyl (C=O) groups is 1. The molecule has 3 nitrogen and oxygen atoms in total. The largest absolute Gasteiger partial charge is 0.480 e. The summed E-state index contributed by atoms with van der Waals surface area (Å²) in [5.74, 6) is 0.515. The monoisotopic (exact) mass is 273 g/mol. The molecule has 0 spiro atoms. The van der Waals surface area contributed by atoms with Crippen molar-refractivity contribution in [3.8, 4) is 0 Å². The summed E-state index contributed by atoms with van der Waals surface area (Å²) in [5.41, 5.74) is -0.655. The van der Waals surface area contributed by atoms with Crippen molar-refractivity contribution >= 4 is 17.7 Å². The molecule has 0 heterocycles. The Morgan fingerprint density at radius 3 is 2.83 bits per heavy atom. The van der Waals surface area contributed by atoms with Crippen LogP contribution in [0.1, 0.15) is 58.8 Å². The fraction of sp³-hybridized carbons (Fsp3) is 0.929. The van der Waals surface area contributed by atoms with E-state index >= 15 is 0 Å². The predicted molar refractivity (Wildman–Crippen MR) is 78.3 cm³/mol. The van der Waals surface area contributed by atoms with Crippen LogP contribution in [0.2, 0.25) is 0 Å². The lowest BCUT2D eigenvalue weighted by atomic mass is 9.81. The van der Waals surface area contributed by atoms with Crippen molar-refractivity contribution < 1.29 is 9.90 Å². The first-order valence-corrected chi connectivity index (χ1v) is 8.29. The molecule has 2 N–H and O–H groups in total. The number of hydrogen-bond acceptors (Lipinski definition) is 3. The fourth-order valence-electron chi connectivity index (χ4n) is 2.56. The molecule has 0 saturated heterocycles. The van der Waals surface area contributed by atoms with Crippen LogP contribution in [0.25, 0.3) is 0 Å². The molecule has 2 unspecified atom stereocenters. The van der Waals surface area contributed by atoms with Crippen molar-refractivity contribution in [1.82, 2.24) is 5.32 Å². The van der Waals surface area contributed by atoms with Gasteiger partial charge < -0.3 is 10.4 Å². The number of carboxylic acid groups (broad SMARTS) is 1. The van der Waals surface area contributed by atoms with Crippen LogP contribution in [-0.4, -0.2) is 34.2 Å². The number of nitrogens with one attached hydrogen (secondary N) is 1. The Hall–Kier alpha value is -0.220. The van der Waals surface area contributed by atoms with Gasteiger partial charge in [-0.05, 0) is 50.8 Å². The molecular formula is C14H27NO2S. The van der Waals surface area contributed by atoms with Gasteiger partial charge in [0.05, 0.1) is 0 Å². The van der Waals surface area contributed by atoms with Gasteiger partial charge in [-0.2, -0.15) is 11.8 Å². The van der Waals surface area contributed by atoms with Gasteiger partial charge in [0.1, 0.15) is 5.54 Å². The van der Waals surface area contributed by atoms with Crippen molar-refractivity contribution in [3.63, 3.8) is 0 Å². The predicted octanol–water partition coefficient (Wildman–Crippen LogP) is 3.29. The fourth-order valence-corrected chi connectivity index (χ4v) is 4.08. The summed E-state index contributed by atoms with van der Waals surface area (Å²) in [5, 5.41) is 13.3. The second kappa shape index (κ2) is 8.05. The number of thioether (sulfide) groups is 1. The molecule has 1 saturated carbocycles. The maximum atomic E-state index is 11.6. The minimum atomic E-state index is -0.656. The van der Waals surface area contributed by atoms with E-state index in [9.17, 15) is 9.90 Å². The van der Waals surface area contributed by atoms with Crippen molar-refractivity contribution in [2.75, 3.05) is 12.3 Å². The van der Waals surface area contributed by atoms with Gasteiger partial charge in [0.2, 0.25) is 0 Å². The molecule has 0 bridgehead atoms. The Labute approximate surface area is 115 Å². The van der Waals surface area contributed by atoms with Gasteiger partial charge in [0.15, 0.2) is 0 Å². The first-order chi connectivity index (χ1) is 8.64. The van der Waals surface area contributed by atoms with E-state index in [1.807, 2.05) is 11.8 Å². The third-order valence-electron chi connectivity index (χ3n) is 3.68. The summed E-state index contributed by atoms with van der Waals surface area (Å²) in [6, 6.07) is 0. The van der Waals surface area contributed by atoms with Crippen LogP contribution in [0.5, 0.6) is 0 Å². The molecule has 4 heteroatoms. The molecule has 1 rings (SSSR count). The summed E-state index contributed by atoms with van der Waals surface area (Å²) < 4.78 is 0. The number of rotatable bonds is 8. The van der Waals surface area contributed by atoms with Gasteiger partial charge in [-0.15, -0.1) is 0 Å². The highest BCUT2D eigenvalue weighted by molar-refractivity contribution is 7.99. The van der Waals surface area contributed by atoms with Gasteiger partial charge >= 0.3 is 5.97 Å². The third-order valence-corrected chi connectivity index (χ3v) is 5.08. The average molecular weight is 273 g/mol. The third kappa shape index (κ3) is 4.47. The summed E-state index contributed by atoms with van der Waals surface area (Å²) in [7, 11) is 0. The molecule has 106 valence electrons. The van der Waals surface area contributed by atoms with Crippen LogP contribution in [0.4, 0.5) is 0 Å². The highest BCUT2D eigenvalue weighted by Crippen LogP contribution is 2.35. The maximum absolute atomic E-state index is 11.6. The van der Waals surface area contributed by atoms with Crippen LogP contribution in [0.15, 0.2) is 0 Å². The first-order valence-electron chi connectivity index (χ1n) is 7.24. The van der Waals surface area contributed by atoms with Crippen molar-refractivity contribution in [1.29, 1.82) is 0 Å². The standard InChI is InChI=1S/C14H27NO2S/c1-3-5-10-18-12-7-6-8-14(11-12,13(16)17)15-9-4-2/h12,15H,3-11H2,1-2H3,(H,16,17). The Balaban J connectivity index is 2.53. The van der Waals surface area contributed by atoms with Gasteiger partial charge in [-0.25, -0.2) is 0 Å². The number of carboxylic acids is 1. The van der Waals surface area contributed by atoms with Crippen LogP contribution in [0, 0.1) is 0 Å². The molecule has 1 fully saturated rings. The minimum absolute atomic E-state index is 0.519. The second-order valence-corrected chi connectivity index (χ2v) is 6.66. The van der Waals surface area contributed by atoms with Gasteiger partial charge in [-0.1, -0.05) is 20.3 Å². The zero-order valence-electron chi connectivity index (χ0n) is 11.7. The Bertz CT molecular complexity index is 260. The smallest absolute Gasteiger partial charge is 0.323 e. The highest BCUT2D eigenvalue weighted by Gasteiger charge is 2.42. The summed E-state index contributed by atoms with van der Waals surface area (Å²) in [4.78, 5) is 11.6. The molecule has 0 radical (unpaired) electrons. The lowest BCUT2D eigenvalue weighted by Crippen LogP contribution is -2.55. The topological polar surface area (TPSA) is 49.3 Å². The molecule has 1 aliphatic carbocycles. The van der Waals surface area contributed by atoms with Gasteiger partial charge in [0.25, 0.3) is 0 Å². The Morgan fingerprint density at radius 1 is 1.44 bits per heavy atom. The van der Waals surface area contributed by atoms with E-state index < -0.39 is 11.5 Å². The summed E-state index contributed by atoms with van der Waals surface area (Å²) >= 11 is 1.97. The average Bonchev–Trinajstić information content (AvgIpc) is 2.37. The maximum Gasteiger partial charge on any atom is 0.323 e. The van der Waals surface area contributed by atoms with Crippen molar-refractivity contribution in [3.05, 3.63) is 0 Å². The lowest BCUT2D eigenvalue weighted by molar-refractivity contribution is -0.146. The van der Waals surface area contributed by atoms with Crippen LogP contribution < -0.4 is 5.32 Å². The molecule has 2 atom stereocenters. The first kappa shape index (κ1) is 15.8. The summed E-state index contributed by atoms with van der Waals surface area (Å²) in [6.45, 7) is 5.09. The van der Waals surface area contributed by atoms with Crippen LogP contribution in [0.3, 0.4) is 0 Å². The molecule has 1 aliphatic rings. The summed E-state index contributed by atoms with van der Waals surface area (Å²) in [6.07, 6.45) is 7.23. The SMILES string of the molecule is CCCCSC1CCCC(NCCC)(C(=O)O)C1. The number of unbranched alkanes of at least 4 members (excludes halogenated alkanes) is 1. The van der Waals surface area contributed by atoms with E-state index in [0.29, 0.717) is 5.25 Å². The van der Waals surface area contributed by atoms with E-state index in [0.717, 1.165) is 32.2 Å². The van der Waals surface area contributed by atoms with Crippen LogP contribution in [-0.2, 0) is 4.79 Å². The molecule has 0 aromatic heterocycles. The molecule has 18 heavy (non-hydrogen) atoms. The number of aliphatic carboxylic acids is 1. The highest BCUT2D eigenvalue weighted by atomic mass is 32.2. The number of hydrogen-bond donors (Lipinski definition) is 2. The normalized spacial score (nSPS) is 28.2. The van der Waals surface area contributed by atoms with Crippen LogP contribution >= 0.6 is 11.8 Å².